The van der Waals surface area contributed by atoms with Crippen LogP contribution in [0.5, 0.6) is 11.5 Å². The molecular weight excluding hydrogens is 378 g/mol. The quantitative estimate of drug-likeness (QED) is 0.656. The topological polar surface area (TPSA) is 96.4 Å². The molecule has 3 aromatic rings. The van der Waals surface area contributed by atoms with Crippen LogP contribution in [0.4, 0.5) is 0 Å². The molecule has 3 rings (SSSR count). The van der Waals surface area contributed by atoms with E-state index in [2.05, 4.69) is 0 Å². The van der Waals surface area contributed by atoms with Gasteiger partial charge in [0.1, 0.15) is 10.7 Å². The Morgan fingerprint density at radius 1 is 1.21 bits per heavy atom. The van der Waals surface area contributed by atoms with Crippen LogP contribution in [0.1, 0.15) is 28.2 Å². The molecule has 2 heterocycles. The predicted molar refractivity (Wildman–Crippen MR) is 110 cm³/mol. The highest BCUT2D eigenvalue weighted by atomic mass is 32.1. The number of primary amides is 1. The fraction of sp³-hybridized carbons (Fsp3) is 0.350. The predicted octanol–water partition coefficient (Wildman–Crippen LogP) is 2.56. The van der Waals surface area contributed by atoms with E-state index in [4.69, 9.17) is 20.2 Å². The summed E-state index contributed by atoms with van der Waals surface area (Å²) >= 11 is 1.50. The van der Waals surface area contributed by atoms with Crippen molar-refractivity contribution in [1.29, 1.82) is 0 Å². The monoisotopic (exact) mass is 401 g/mol. The molecule has 1 amide bonds. The van der Waals surface area contributed by atoms with Crippen LogP contribution < -0.4 is 20.8 Å². The zero-order valence-corrected chi connectivity index (χ0v) is 17.2. The molecule has 0 aliphatic rings. The van der Waals surface area contributed by atoms with Gasteiger partial charge in [-0.2, -0.15) is 0 Å². The van der Waals surface area contributed by atoms with Crippen LogP contribution in [-0.2, 0) is 17.8 Å². The first-order valence-electron chi connectivity index (χ1n) is 8.84. The molecule has 0 radical (unpaired) electrons. The van der Waals surface area contributed by atoms with Crippen LogP contribution >= 0.6 is 11.3 Å². The van der Waals surface area contributed by atoms with E-state index in [1.54, 1.807) is 18.8 Å². The number of nitrogens with two attached hydrogens (primary N) is 1. The number of hydrogen-bond donors (Lipinski definition) is 1. The number of thiophene rings is 1. The smallest absolute Gasteiger partial charge is 0.262 e. The number of ether oxygens (including phenoxy) is 2. The third-order valence-corrected chi connectivity index (χ3v) is 5.86. The third-order valence-electron chi connectivity index (χ3n) is 4.76. The van der Waals surface area contributed by atoms with Crippen molar-refractivity contribution in [2.75, 3.05) is 14.2 Å². The standard InChI is InChI=1S/C20H23N3O4S/c1-11-12(2)28-19-18(11)20(25)23(8-7-16(21)24)17(22-19)10-13-5-6-14(26-3)15(9-13)27-4/h5-6,9H,7-8,10H2,1-4H3,(H2,21,24). The van der Waals surface area contributed by atoms with Gasteiger partial charge in [0.25, 0.3) is 5.56 Å². The highest BCUT2D eigenvalue weighted by molar-refractivity contribution is 7.18. The van der Waals surface area contributed by atoms with Crippen molar-refractivity contribution in [3.8, 4) is 11.5 Å². The number of carbonyl (C=O) groups is 1. The summed E-state index contributed by atoms with van der Waals surface area (Å²) in [6.45, 7) is 4.10. The van der Waals surface area contributed by atoms with Crippen LogP contribution in [0.3, 0.4) is 0 Å². The van der Waals surface area contributed by atoms with E-state index in [1.165, 1.54) is 11.3 Å². The summed E-state index contributed by atoms with van der Waals surface area (Å²) in [5.41, 5.74) is 7.02. The van der Waals surface area contributed by atoms with E-state index in [9.17, 15) is 9.59 Å². The number of aryl methyl sites for hydroxylation is 2. The van der Waals surface area contributed by atoms with Crippen molar-refractivity contribution < 1.29 is 14.3 Å². The molecule has 28 heavy (non-hydrogen) atoms. The van der Waals surface area contributed by atoms with Gasteiger partial charge < -0.3 is 15.2 Å². The van der Waals surface area contributed by atoms with Crippen molar-refractivity contribution in [1.82, 2.24) is 9.55 Å². The minimum atomic E-state index is -0.456. The minimum Gasteiger partial charge on any atom is -0.493 e. The van der Waals surface area contributed by atoms with E-state index in [1.807, 2.05) is 32.0 Å². The fourth-order valence-corrected chi connectivity index (χ4v) is 4.17. The van der Waals surface area contributed by atoms with E-state index in [0.29, 0.717) is 34.0 Å². The minimum absolute atomic E-state index is 0.0776. The number of nitrogens with zero attached hydrogens (tertiary/aromatic N) is 2. The molecule has 0 atom stereocenters. The average Bonchev–Trinajstić information content (AvgIpc) is 2.95. The molecule has 0 fully saturated rings. The average molecular weight is 401 g/mol. The van der Waals surface area contributed by atoms with Gasteiger partial charge in [0.05, 0.1) is 19.6 Å². The lowest BCUT2D eigenvalue weighted by Crippen LogP contribution is -2.27. The van der Waals surface area contributed by atoms with Crippen LogP contribution in [-0.4, -0.2) is 29.7 Å². The van der Waals surface area contributed by atoms with E-state index >= 15 is 0 Å². The second-order valence-electron chi connectivity index (χ2n) is 6.53. The maximum absolute atomic E-state index is 13.1. The normalized spacial score (nSPS) is 11.0. The van der Waals surface area contributed by atoms with Crippen molar-refractivity contribution in [3.05, 3.63) is 50.4 Å². The largest absolute Gasteiger partial charge is 0.493 e. The first-order valence-corrected chi connectivity index (χ1v) is 9.66. The molecule has 0 saturated carbocycles. The highest BCUT2D eigenvalue weighted by Crippen LogP contribution is 2.29. The summed E-state index contributed by atoms with van der Waals surface area (Å²) < 4.78 is 12.2. The molecule has 0 aliphatic heterocycles. The van der Waals surface area contributed by atoms with Crippen LogP contribution in [0.2, 0.25) is 0 Å². The molecule has 1 aromatic carbocycles. The second-order valence-corrected chi connectivity index (χ2v) is 7.73. The number of methoxy groups -OCH3 is 2. The van der Waals surface area contributed by atoms with Gasteiger partial charge in [-0.15, -0.1) is 11.3 Å². The zero-order chi connectivity index (χ0) is 20.4. The maximum Gasteiger partial charge on any atom is 0.262 e. The molecule has 2 N–H and O–H groups in total. The Bertz CT molecular complexity index is 1100. The van der Waals surface area contributed by atoms with Crippen molar-refractivity contribution >= 4 is 27.5 Å². The Labute approximate surface area is 166 Å². The van der Waals surface area contributed by atoms with E-state index in [0.717, 1.165) is 16.0 Å². The van der Waals surface area contributed by atoms with Gasteiger partial charge in [0.2, 0.25) is 5.91 Å². The molecular formula is C20H23N3O4S. The second kappa shape index (κ2) is 8.02. The van der Waals surface area contributed by atoms with Gasteiger partial charge in [-0.3, -0.25) is 14.2 Å². The first kappa shape index (κ1) is 19.9. The summed E-state index contributed by atoms with van der Waals surface area (Å²) in [4.78, 5) is 31.0. The number of hydrogen-bond acceptors (Lipinski definition) is 6. The molecule has 0 saturated heterocycles. The molecule has 0 aliphatic carbocycles. The van der Waals surface area contributed by atoms with Gasteiger partial charge in [-0.25, -0.2) is 4.98 Å². The summed E-state index contributed by atoms with van der Waals surface area (Å²) in [6.07, 6.45) is 0.495. The number of fused-ring (bicyclic) bond motifs is 1. The molecule has 0 spiro atoms. The van der Waals surface area contributed by atoms with Gasteiger partial charge in [0, 0.05) is 24.3 Å². The van der Waals surface area contributed by atoms with Crippen molar-refractivity contribution in [3.63, 3.8) is 0 Å². The van der Waals surface area contributed by atoms with Gasteiger partial charge in [0.15, 0.2) is 11.5 Å². The lowest BCUT2D eigenvalue weighted by molar-refractivity contribution is -0.118. The molecule has 148 valence electrons. The van der Waals surface area contributed by atoms with Gasteiger partial charge in [-0.05, 0) is 37.1 Å². The first-order chi connectivity index (χ1) is 13.3. The van der Waals surface area contributed by atoms with Crippen LogP contribution in [0, 0.1) is 13.8 Å². The molecule has 2 aromatic heterocycles. The zero-order valence-electron chi connectivity index (χ0n) is 16.4. The lowest BCUT2D eigenvalue weighted by Gasteiger charge is -2.13. The summed E-state index contributed by atoms with van der Waals surface area (Å²) in [5, 5.41) is 0.614. The molecule has 0 unspecified atom stereocenters. The summed E-state index contributed by atoms with van der Waals surface area (Å²) in [5.74, 6) is 1.37. The van der Waals surface area contributed by atoms with Gasteiger partial charge in [-0.1, -0.05) is 6.07 Å². The van der Waals surface area contributed by atoms with E-state index in [-0.39, 0.29) is 18.5 Å². The Morgan fingerprint density at radius 2 is 1.93 bits per heavy atom. The summed E-state index contributed by atoms with van der Waals surface area (Å²) in [7, 11) is 3.15. The molecule has 7 nitrogen and oxygen atoms in total. The lowest BCUT2D eigenvalue weighted by atomic mass is 10.1. The van der Waals surface area contributed by atoms with Crippen molar-refractivity contribution in [2.24, 2.45) is 5.73 Å². The number of aromatic nitrogens is 2. The molecule has 0 bridgehead atoms. The van der Waals surface area contributed by atoms with Crippen LogP contribution in [0.25, 0.3) is 10.2 Å². The highest BCUT2D eigenvalue weighted by Gasteiger charge is 2.17. The van der Waals surface area contributed by atoms with Gasteiger partial charge >= 0.3 is 0 Å². The van der Waals surface area contributed by atoms with Crippen molar-refractivity contribution in [2.45, 2.75) is 33.2 Å². The van der Waals surface area contributed by atoms with Crippen LogP contribution in [0.15, 0.2) is 23.0 Å². The molecule has 8 heteroatoms. The number of amides is 1. The fourth-order valence-electron chi connectivity index (χ4n) is 3.13. The Morgan fingerprint density at radius 3 is 2.57 bits per heavy atom. The van der Waals surface area contributed by atoms with E-state index < -0.39 is 5.91 Å². The Hall–Kier alpha value is -2.87. The SMILES string of the molecule is COc1ccc(Cc2nc3sc(C)c(C)c3c(=O)n2CCC(N)=O)cc1OC. The Kier molecular flexibility index (Phi) is 5.69. The summed E-state index contributed by atoms with van der Waals surface area (Å²) in [6, 6.07) is 5.58. The maximum atomic E-state index is 13.1. The number of rotatable bonds is 7. The number of carbonyl (C=O) groups excluding carboxylic acids is 1. The number of benzene rings is 1. The third kappa shape index (κ3) is 3.73. The Balaban J connectivity index is 2.12.